The molecule has 1 aromatic carbocycles. The molecule has 0 radical (unpaired) electrons. The van der Waals surface area contributed by atoms with Crippen molar-refractivity contribution in [3.05, 3.63) is 53.7 Å². The molecule has 23 heavy (non-hydrogen) atoms. The minimum atomic E-state index is 0. The minimum absolute atomic E-state index is 0. The molecule has 0 amide bonds. The van der Waals surface area contributed by atoms with Crippen molar-refractivity contribution in [3.8, 4) is 0 Å². The lowest BCUT2D eigenvalue weighted by molar-refractivity contribution is 0.590. The van der Waals surface area contributed by atoms with Crippen LogP contribution in [0.15, 0.2) is 53.2 Å². The third-order valence-electron chi connectivity index (χ3n) is 3.97. The SMILES string of the molecule is CC(NC/N=C/C1=CCNCC1)c1ccc2ncccc2c1.Cl. The number of pyridine rings is 1. The summed E-state index contributed by atoms with van der Waals surface area (Å²) in [5, 5.41) is 7.92. The van der Waals surface area contributed by atoms with E-state index in [-0.39, 0.29) is 18.4 Å². The van der Waals surface area contributed by atoms with Gasteiger partial charge in [0, 0.05) is 30.4 Å². The van der Waals surface area contributed by atoms with Crippen LogP contribution in [0.25, 0.3) is 10.9 Å². The van der Waals surface area contributed by atoms with Crippen LogP contribution in [-0.2, 0) is 0 Å². The lowest BCUT2D eigenvalue weighted by atomic mass is 10.1. The van der Waals surface area contributed by atoms with E-state index in [1.165, 1.54) is 16.5 Å². The normalized spacial score (nSPS) is 16.1. The summed E-state index contributed by atoms with van der Waals surface area (Å²) in [5.74, 6) is 0. The highest BCUT2D eigenvalue weighted by Crippen LogP contribution is 2.18. The van der Waals surface area contributed by atoms with Gasteiger partial charge in [-0.3, -0.25) is 15.3 Å². The second kappa shape index (κ2) is 8.77. The smallest absolute Gasteiger partial charge is 0.0889 e. The first-order valence-electron chi connectivity index (χ1n) is 7.80. The van der Waals surface area contributed by atoms with Crippen molar-refractivity contribution >= 4 is 29.5 Å². The Labute approximate surface area is 143 Å². The van der Waals surface area contributed by atoms with Gasteiger partial charge >= 0.3 is 0 Å². The Hall–Kier alpha value is -1.75. The van der Waals surface area contributed by atoms with Gasteiger partial charge in [0.1, 0.15) is 0 Å². The van der Waals surface area contributed by atoms with E-state index in [0.717, 1.165) is 25.0 Å². The largest absolute Gasteiger partial charge is 0.313 e. The zero-order valence-corrected chi connectivity index (χ0v) is 14.1. The predicted octanol–water partition coefficient (Wildman–Crippen LogP) is 3.26. The van der Waals surface area contributed by atoms with Crippen LogP contribution in [0.5, 0.6) is 0 Å². The van der Waals surface area contributed by atoms with Gasteiger partial charge in [-0.2, -0.15) is 0 Å². The molecule has 1 aliphatic rings. The van der Waals surface area contributed by atoms with Gasteiger partial charge in [0.15, 0.2) is 0 Å². The van der Waals surface area contributed by atoms with Gasteiger partial charge in [-0.1, -0.05) is 18.2 Å². The zero-order valence-electron chi connectivity index (χ0n) is 13.3. The maximum Gasteiger partial charge on any atom is 0.0889 e. The van der Waals surface area contributed by atoms with Crippen molar-refractivity contribution in [1.82, 2.24) is 15.6 Å². The topological polar surface area (TPSA) is 49.3 Å². The number of fused-ring (bicyclic) bond motifs is 1. The van der Waals surface area contributed by atoms with Crippen LogP contribution in [0.1, 0.15) is 24.9 Å². The Balaban J connectivity index is 0.00000192. The van der Waals surface area contributed by atoms with E-state index in [2.05, 4.69) is 57.9 Å². The molecule has 2 aromatic rings. The van der Waals surface area contributed by atoms with Crippen LogP contribution < -0.4 is 10.6 Å². The summed E-state index contributed by atoms with van der Waals surface area (Å²) >= 11 is 0. The Morgan fingerprint density at radius 3 is 3.13 bits per heavy atom. The molecule has 1 unspecified atom stereocenters. The van der Waals surface area contributed by atoms with Crippen LogP contribution in [0.2, 0.25) is 0 Å². The summed E-state index contributed by atoms with van der Waals surface area (Å²) in [6.45, 7) is 4.80. The van der Waals surface area contributed by atoms with Crippen molar-refractivity contribution in [2.45, 2.75) is 19.4 Å². The molecule has 0 fully saturated rings. The van der Waals surface area contributed by atoms with Crippen molar-refractivity contribution in [3.63, 3.8) is 0 Å². The van der Waals surface area contributed by atoms with Crippen LogP contribution in [0.4, 0.5) is 0 Å². The standard InChI is InChI=1S/C18H22N4.ClH/c1-14(22-13-20-12-15-6-9-19-10-7-15)16-4-5-18-17(11-16)3-2-8-21-18;/h2-6,8,11-12,14,19,22H,7,9-10,13H2,1H3;1H/b20-12+;. The van der Waals surface area contributed by atoms with Gasteiger partial charge in [0.2, 0.25) is 0 Å². The highest BCUT2D eigenvalue weighted by atomic mass is 35.5. The van der Waals surface area contributed by atoms with E-state index in [0.29, 0.717) is 6.67 Å². The first kappa shape index (κ1) is 17.6. The summed E-state index contributed by atoms with van der Waals surface area (Å²) in [7, 11) is 0. The van der Waals surface area contributed by atoms with E-state index < -0.39 is 0 Å². The van der Waals surface area contributed by atoms with Crippen molar-refractivity contribution in [1.29, 1.82) is 0 Å². The summed E-state index contributed by atoms with van der Waals surface area (Å²) < 4.78 is 0. The molecule has 3 rings (SSSR count). The van der Waals surface area contributed by atoms with Gasteiger partial charge in [0.05, 0.1) is 12.2 Å². The molecule has 2 heterocycles. The van der Waals surface area contributed by atoms with E-state index in [4.69, 9.17) is 0 Å². The molecule has 0 bridgehead atoms. The number of nitrogens with one attached hydrogen (secondary N) is 2. The van der Waals surface area contributed by atoms with E-state index >= 15 is 0 Å². The molecule has 4 nitrogen and oxygen atoms in total. The average molecular weight is 331 g/mol. The Morgan fingerprint density at radius 1 is 1.39 bits per heavy atom. The Morgan fingerprint density at radius 2 is 2.30 bits per heavy atom. The van der Waals surface area contributed by atoms with Crippen LogP contribution in [0, 0.1) is 0 Å². The number of rotatable bonds is 5. The molecule has 0 saturated heterocycles. The molecular weight excluding hydrogens is 308 g/mol. The summed E-state index contributed by atoms with van der Waals surface area (Å²) in [4.78, 5) is 8.83. The average Bonchev–Trinajstić information content (AvgIpc) is 2.59. The van der Waals surface area contributed by atoms with Crippen LogP contribution in [-0.4, -0.2) is 31.0 Å². The summed E-state index contributed by atoms with van der Waals surface area (Å²) in [6.07, 6.45) is 7.09. The quantitative estimate of drug-likeness (QED) is 0.827. The molecule has 0 saturated carbocycles. The van der Waals surface area contributed by atoms with E-state index in [9.17, 15) is 0 Å². The maximum absolute atomic E-state index is 4.48. The van der Waals surface area contributed by atoms with Crippen LogP contribution in [0.3, 0.4) is 0 Å². The third-order valence-corrected chi connectivity index (χ3v) is 3.97. The highest BCUT2D eigenvalue weighted by Gasteiger charge is 2.05. The molecule has 2 N–H and O–H groups in total. The molecular formula is C18H23ClN4. The molecule has 122 valence electrons. The number of benzene rings is 1. The van der Waals surface area contributed by atoms with Crippen molar-refractivity contribution < 1.29 is 0 Å². The number of aliphatic imine (C=N–C) groups is 1. The van der Waals surface area contributed by atoms with Gasteiger partial charge in [-0.25, -0.2) is 0 Å². The molecule has 0 aliphatic carbocycles. The van der Waals surface area contributed by atoms with Crippen molar-refractivity contribution in [2.75, 3.05) is 19.8 Å². The molecule has 0 spiro atoms. The molecule has 5 heteroatoms. The maximum atomic E-state index is 4.48. The summed E-state index contributed by atoms with van der Waals surface area (Å²) in [5.41, 5.74) is 3.62. The Bertz CT molecular complexity index is 696. The van der Waals surface area contributed by atoms with Gasteiger partial charge in [-0.15, -0.1) is 12.4 Å². The lowest BCUT2D eigenvalue weighted by Crippen LogP contribution is -2.21. The molecule has 1 aromatic heterocycles. The minimum Gasteiger partial charge on any atom is -0.313 e. The molecule has 1 aliphatic heterocycles. The fraction of sp³-hybridized carbons (Fsp3) is 0.333. The first-order chi connectivity index (χ1) is 10.8. The summed E-state index contributed by atoms with van der Waals surface area (Å²) in [6, 6.07) is 10.7. The van der Waals surface area contributed by atoms with Gasteiger partial charge in [0.25, 0.3) is 0 Å². The number of nitrogens with zero attached hydrogens (tertiary/aromatic N) is 2. The monoisotopic (exact) mass is 330 g/mol. The fourth-order valence-electron chi connectivity index (χ4n) is 2.59. The highest BCUT2D eigenvalue weighted by molar-refractivity contribution is 5.85. The van der Waals surface area contributed by atoms with Gasteiger partial charge in [-0.05, 0) is 49.2 Å². The number of aromatic nitrogens is 1. The van der Waals surface area contributed by atoms with Crippen molar-refractivity contribution in [2.24, 2.45) is 4.99 Å². The lowest BCUT2D eigenvalue weighted by Gasteiger charge is -2.14. The van der Waals surface area contributed by atoms with E-state index in [1.807, 2.05) is 18.5 Å². The van der Waals surface area contributed by atoms with Crippen LogP contribution >= 0.6 is 12.4 Å². The second-order valence-electron chi connectivity index (χ2n) is 5.58. The predicted molar refractivity (Wildman–Crippen MR) is 99.5 cm³/mol. The Kier molecular flexibility index (Phi) is 6.71. The molecule has 1 atom stereocenters. The number of hydrogen-bond acceptors (Lipinski definition) is 4. The van der Waals surface area contributed by atoms with Gasteiger partial charge < -0.3 is 5.32 Å². The fourth-order valence-corrected chi connectivity index (χ4v) is 2.59. The number of hydrogen-bond donors (Lipinski definition) is 2. The first-order valence-corrected chi connectivity index (χ1v) is 7.80. The second-order valence-corrected chi connectivity index (χ2v) is 5.58. The zero-order chi connectivity index (χ0) is 15.2. The number of halogens is 1. The van der Waals surface area contributed by atoms with E-state index in [1.54, 1.807) is 0 Å². The third kappa shape index (κ3) is 4.86.